The monoisotopic (exact) mass is 842 g/mol. The first kappa shape index (κ1) is 44.8. The normalized spacial score (nSPS) is 14.2. The average molecular weight is 843 g/mol. The zero-order valence-electron chi connectivity index (χ0n) is 37.6. The highest BCUT2D eigenvalue weighted by Crippen LogP contribution is 2.41. The fourth-order valence-electron chi connectivity index (χ4n) is 9.33. The van der Waals surface area contributed by atoms with E-state index in [1.165, 1.54) is 10.4 Å². The van der Waals surface area contributed by atoms with E-state index < -0.39 is 16.4 Å². The number of nitrogens with one attached hydrogen (secondary N) is 2. The first-order valence-corrected chi connectivity index (χ1v) is 26.0. The number of aromatic amines is 1. The first-order chi connectivity index (χ1) is 28.7. The summed E-state index contributed by atoms with van der Waals surface area (Å²) in [6.07, 6.45) is 3.48. The molecule has 0 bridgehead atoms. The van der Waals surface area contributed by atoms with Gasteiger partial charge in [0.05, 0.1) is 17.7 Å². The van der Waals surface area contributed by atoms with Gasteiger partial charge >= 0.3 is 0 Å². The molecule has 2 aromatic heterocycles. The first-order valence-electron chi connectivity index (χ1n) is 21.8. The lowest BCUT2D eigenvalue weighted by atomic mass is 10.2. The Bertz CT molecular complexity index is 2250. The second kappa shape index (κ2) is 19.3. The molecule has 3 heterocycles. The Morgan fingerprint density at radius 2 is 1.42 bits per heavy atom. The molecule has 0 aliphatic carbocycles. The third kappa shape index (κ3) is 9.73. The molecule has 0 saturated carbocycles. The van der Waals surface area contributed by atoms with E-state index in [4.69, 9.17) is 19.1 Å². The fourth-order valence-corrected chi connectivity index (χ4v) is 19.1. The van der Waals surface area contributed by atoms with Gasteiger partial charge in [0.15, 0.2) is 0 Å². The van der Waals surface area contributed by atoms with Gasteiger partial charge in [0.25, 0.3) is 13.9 Å². The lowest BCUT2D eigenvalue weighted by molar-refractivity contribution is 0.256. The lowest BCUT2D eigenvalue weighted by Gasteiger charge is -2.43. The summed E-state index contributed by atoms with van der Waals surface area (Å²) in [5, 5.41) is 6.64. The van der Waals surface area contributed by atoms with Crippen molar-refractivity contribution in [1.29, 1.82) is 0 Å². The Morgan fingerprint density at radius 3 is 2.00 bits per heavy atom. The van der Waals surface area contributed by atoms with E-state index in [1.807, 2.05) is 12.1 Å². The molecule has 2 N–H and O–H groups in total. The second-order valence-corrected chi connectivity index (χ2v) is 28.2. The number of nitrogens with zero attached hydrogens (tertiary/aromatic N) is 4. The number of hydrogen-bond acceptors (Lipinski definition) is 8. The van der Waals surface area contributed by atoms with Crippen LogP contribution in [-0.4, -0.2) is 82.7 Å². The van der Waals surface area contributed by atoms with Crippen molar-refractivity contribution in [2.45, 2.75) is 96.8 Å². The third-order valence-corrected chi connectivity index (χ3v) is 23.8. The lowest BCUT2D eigenvalue weighted by Crippen LogP contribution is -2.66. The van der Waals surface area contributed by atoms with E-state index in [-0.39, 0.29) is 10.6 Å². The molecule has 5 aromatic rings. The molecule has 0 atom stereocenters. The number of benzene rings is 3. The highest BCUT2D eigenvalue weighted by molar-refractivity contribution is 6.99. The van der Waals surface area contributed by atoms with Gasteiger partial charge in [-0.3, -0.25) is 4.79 Å². The summed E-state index contributed by atoms with van der Waals surface area (Å²) in [5.41, 5.74) is 7.98. The van der Waals surface area contributed by atoms with Gasteiger partial charge < -0.3 is 29.3 Å². The molecular formula is C49H66N6O3Si2. The Balaban J connectivity index is 1.20. The number of hydrogen-bond donors (Lipinski definition) is 2. The van der Waals surface area contributed by atoms with Crippen molar-refractivity contribution in [3.63, 3.8) is 0 Å². The van der Waals surface area contributed by atoms with Crippen molar-refractivity contribution >= 4 is 55.1 Å². The quantitative estimate of drug-likeness (QED) is 0.0613. The number of anilines is 3. The van der Waals surface area contributed by atoms with Crippen LogP contribution in [0.25, 0.3) is 11.0 Å². The number of piperazine rings is 1. The summed E-state index contributed by atoms with van der Waals surface area (Å²) < 4.78 is 13.8. The van der Waals surface area contributed by atoms with E-state index in [9.17, 15) is 4.79 Å². The zero-order valence-corrected chi connectivity index (χ0v) is 39.6. The maximum atomic E-state index is 12.9. The summed E-state index contributed by atoms with van der Waals surface area (Å²) >= 11 is 0. The fraction of sp³-hybridized carbons (Fsp3) is 0.449. The molecule has 0 radical (unpaired) electrons. The van der Waals surface area contributed by atoms with Crippen LogP contribution in [0.15, 0.2) is 95.9 Å². The van der Waals surface area contributed by atoms with Crippen LogP contribution in [0.1, 0.15) is 80.7 Å². The standard InChI is InChI=1S/C49H66N6O3Si2/c1-36(2)59(37(3)4,38(5)6)32-25-39-33-46(56)52-47-43(39)35-50-48(53-47)51-40-23-24-44(55-28-26-54(10)27-29-55)45(34-40)57-30-17-18-31-58-60(49(7,8)9,41-19-13-11-14-20-41)42-21-15-12-16-22-42/h11-16,19-24,33-38H,17-18,26-31H2,1-10H3,(H2,50,51,52,53,56). The molecule has 1 aliphatic rings. The van der Waals surface area contributed by atoms with Gasteiger partial charge in [-0.15, -0.1) is 5.54 Å². The minimum Gasteiger partial charge on any atom is -0.491 e. The van der Waals surface area contributed by atoms with Crippen LogP contribution in [0.2, 0.25) is 21.7 Å². The molecule has 11 heteroatoms. The molecule has 0 spiro atoms. The summed E-state index contributed by atoms with van der Waals surface area (Å²) in [7, 11) is -2.44. The Labute approximate surface area is 360 Å². The maximum absolute atomic E-state index is 12.9. The smallest absolute Gasteiger partial charge is 0.261 e. The van der Waals surface area contributed by atoms with Crippen molar-refractivity contribution in [2.75, 3.05) is 56.7 Å². The van der Waals surface area contributed by atoms with Gasteiger partial charge in [0.2, 0.25) is 5.95 Å². The van der Waals surface area contributed by atoms with Crippen LogP contribution < -0.4 is 30.9 Å². The van der Waals surface area contributed by atoms with Crippen molar-refractivity contribution in [3.05, 3.63) is 107 Å². The predicted molar refractivity (Wildman–Crippen MR) is 256 cm³/mol. The minimum atomic E-state index is -2.60. The molecule has 6 rings (SSSR count). The molecule has 1 aliphatic heterocycles. The highest BCUT2D eigenvalue weighted by atomic mass is 28.4. The molecule has 0 unspecified atom stereocenters. The third-order valence-electron chi connectivity index (χ3n) is 12.5. The number of aromatic nitrogens is 3. The van der Waals surface area contributed by atoms with Crippen LogP contribution in [0, 0.1) is 11.5 Å². The van der Waals surface area contributed by atoms with Crippen molar-refractivity contribution in [3.8, 4) is 17.2 Å². The Hall–Kier alpha value is -4.74. The number of pyridine rings is 1. The van der Waals surface area contributed by atoms with E-state index in [0.29, 0.717) is 47.0 Å². The van der Waals surface area contributed by atoms with Crippen molar-refractivity contribution in [2.24, 2.45) is 0 Å². The number of rotatable bonds is 15. The van der Waals surface area contributed by atoms with Crippen molar-refractivity contribution in [1.82, 2.24) is 19.9 Å². The van der Waals surface area contributed by atoms with Crippen molar-refractivity contribution < 1.29 is 9.16 Å². The van der Waals surface area contributed by atoms with Gasteiger partial charge in [0, 0.05) is 62.4 Å². The average Bonchev–Trinajstić information content (AvgIpc) is 3.21. The minimum absolute atomic E-state index is 0.0691. The van der Waals surface area contributed by atoms with E-state index >= 15 is 0 Å². The summed E-state index contributed by atoms with van der Waals surface area (Å²) in [6.45, 7) is 25.7. The highest BCUT2D eigenvalue weighted by Gasteiger charge is 2.50. The van der Waals surface area contributed by atoms with Crippen LogP contribution >= 0.6 is 0 Å². The van der Waals surface area contributed by atoms with E-state index in [1.54, 1.807) is 12.3 Å². The summed E-state index contributed by atoms with van der Waals surface area (Å²) in [5.74, 6) is 4.66. The Morgan fingerprint density at radius 1 is 0.817 bits per heavy atom. The molecule has 0 amide bonds. The summed E-state index contributed by atoms with van der Waals surface area (Å²) in [6, 6.07) is 29.4. The Kier molecular flexibility index (Phi) is 14.4. The van der Waals surface area contributed by atoms with Gasteiger partial charge in [0.1, 0.15) is 19.5 Å². The largest absolute Gasteiger partial charge is 0.491 e. The SMILES string of the molecule is CC(C)[Si](C#Cc1cc(=O)[nH]c2nc(Nc3ccc(N4CCN(C)CC4)c(OCCCCO[Si](c4ccccc4)(c4ccccc4)C(C)(C)C)c3)ncc12)(C(C)C)C(C)C. The van der Waals surface area contributed by atoms with E-state index in [2.05, 4.69) is 168 Å². The number of likely N-dealkylation sites (N-methyl/N-ethyl adjacent to an activating group) is 1. The molecule has 318 valence electrons. The van der Waals surface area contributed by atoms with Gasteiger partial charge in [-0.2, -0.15) is 4.98 Å². The van der Waals surface area contributed by atoms with Crippen LogP contribution in [0.4, 0.5) is 17.3 Å². The molecule has 1 fully saturated rings. The topological polar surface area (TPSA) is 95.6 Å². The number of fused-ring (bicyclic) bond motifs is 1. The van der Waals surface area contributed by atoms with Crippen LogP contribution in [-0.2, 0) is 4.43 Å². The maximum Gasteiger partial charge on any atom is 0.261 e. The van der Waals surface area contributed by atoms with Gasteiger partial charge in [-0.25, -0.2) is 4.98 Å². The van der Waals surface area contributed by atoms with Crippen LogP contribution in [0.5, 0.6) is 5.75 Å². The second-order valence-electron chi connectivity index (χ2n) is 18.3. The predicted octanol–water partition coefficient (Wildman–Crippen LogP) is 9.12. The van der Waals surface area contributed by atoms with Gasteiger partial charge in [-0.05, 0) is 64.1 Å². The number of unbranched alkanes of at least 4 members (excludes halogenated alkanes) is 1. The zero-order chi connectivity index (χ0) is 43.1. The van der Waals surface area contributed by atoms with E-state index in [0.717, 1.165) is 61.5 Å². The van der Waals surface area contributed by atoms with Crippen LogP contribution in [0.3, 0.4) is 0 Å². The molecular weight excluding hydrogens is 777 g/mol. The van der Waals surface area contributed by atoms with Gasteiger partial charge in [-0.1, -0.05) is 129 Å². The molecule has 1 saturated heterocycles. The number of ether oxygens (including phenoxy) is 1. The molecule has 9 nitrogen and oxygen atoms in total. The number of H-pyrrole nitrogens is 1. The summed E-state index contributed by atoms with van der Waals surface area (Å²) in [4.78, 5) is 30.1. The molecule has 60 heavy (non-hydrogen) atoms. The molecule has 3 aromatic carbocycles.